The van der Waals surface area contributed by atoms with Crippen molar-refractivity contribution in [2.75, 3.05) is 0 Å². The van der Waals surface area contributed by atoms with Crippen molar-refractivity contribution in [2.45, 2.75) is 0 Å². The van der Waals surface area contributed by atoms with Crippen LogP contribution in [0.25, 0.3) is 134 Å². The van der Waals surface area contributed by atoms with Crippen LogP contribution in [0.15, 0.2) is 255 Å². The highest BCUT2D eigenvalue weighted by molar-refractivity contribution is 6.15. The summed E-state index contributed by atoms with van der Waals surface area (Å²) in [5.74, 6) is 3.54. The van der Waals surface area contributed by atoms with Gasteiger partial charge < -0.3 is 0 Å². The Morgan fingerprint density at radius 1 is 0.216 bits per heavy atom. The molecule has 4 aromatic heterocycles. The monoisotopic (exact) mass is 946 g/mol. The first kappa shape index (κ1) is 42.7. The maximum Gasteiger partial charge on any atom is 0.238 e. The molecule has 8 heteroatoms. The van der Waals surface area contributed by atoms with Gasteiger partial charge in [0.25, 0.3) is 0 Å². The first-order valence-electron chi connectivity index (χ1n) is 24.7. The maximum atomic E-state index is 5.24. The fourth-order valence-electron chi connectivity index (χ4n) is 10.4. The van der Waals surface area contributed by atoms with Crippen LogP contribution < -0.4 is 0 Å². The van der Waals surface area contributed by atoms with Crippen LogP contribution in [-0.2, 0) is 0 Å². The van der Waals surface area contributed by atoms with Crippen LogP contribution in [0.4, 0.5) is 0 Å². The van der Waals surface area contributed by atoms with Crippen molar-refractivity contribution < 1.29 is 0 Å². The van der Waals surface area contributed by atoms with Crippen LogP contribution in [0.2, 0.25) is 0 Å². The highest BCUT2D eigenvalue weighted by Crippen LogP contribution is 2.42. The van der Waals surface area contributed by atoms with Gasteiger partial charge in [-0.05, 0) is 46.5 Å². The van der Waals surface area contributed by atoms with Crippen molar-refractivity contribution in [1.82, 2.24) is 39.0 Å². The van der Waals surface area contributed by atoms with Gasteiger partial charge in [-0.15, -0.1) is 0 Å². The summed E-state index contributed by atoms with van der Waals surface area (Å²) in [6, 6.07) is 88.4. The molecule has 10 aromatic carbocycles. The zero-order valence-corrected chi connectivity index (χ0v) is 39.8. The Morgan fingerprint density at radius 2 is 0.500 bits per heavy atom. The van der Waals surface area contributed by atoms with Gasteiger partial charge in [0.1, 0.15) is 0 Å². The molecule has 0 saturated carbocycles. The van der Waals surface area contributed by atoms with Gasteiger partial charge in [-0.1, -0.05) is 231 Å². The molecule has 0 spiro atoms. The fraction of sp³-hybridized carbons (Fsp3) is 0. The zero-order valence-electron chi connectivity index (χ0n) is 39.8. The molecule has 74 heavy (non-hydrogen) atoms. The van der Waals surface area contributed by atoms with Crippen molar-refractivity contribution in [3.05, 3.63) is 255 Å². The number of para-hydroxylation sites is 4. The van der Waals surface area contributed by atoms with Gasteiger partial charge in [0, 0.05) is 54.9 Å². The summed E-state index contributed by atoms with van der Waals surface area (Å²) in [6.07, 6.45) is 0. The number of aromatic nitrogens is 8. The lowest BCUT2D eigenvalue weighted by molar-refractivity contribution is 0.953. The summed E-state index contributed by atoms with van der Waals surface area (Å²) < 4.78 is 4.43. The molecular weight excluding hydrogens is 905 g/mol. The first-order chi connectivity index (χ1) is 36.7. The van der Waals surface area contributed by atoms with E-state index >= 15 is 0 Å². The smallest absolute Gasteiger partial charge is 0.238 e. The topological polar surface area (TPSA) is 87.2 Å². The molecule has 0 aliphatic heterocycles. The average Bonchev–Trinajstić information content (AvgIpc) is 4.01. The highest BCUT2D eigenvalue weighted by Gasteiger charge is 2.23. The summed E-state index contributed by atoms with van der Waals surface area (Å²) in [5, 5.41) is 4.46. The van der Waals surface area contributed by atoms with Gasteiger partial charge in [0.15, 0.2) is 23.3 Å². The molecule has 0 aliphatic carbocycles. The molecular formula is C66H42N8. The summed E-state index contributed by atoms with van der Waals surface area (Å²) in [6.45, 7) is 0. The number of hydrogen-bond acceptors (Lipinski definition) is 6. The molecule has 0 aliphatic rings. The minimum Gasteiger partial charge on any atom is -0.277 e. The summed E-state index contributed by atoms with van der Waals surface area (Å²) in [4.78, 5) is 31.0. The minimum absolute atomic E-state index is 0.552. The molecule has 0 fully saturated rings. The number of nitrogens with zero attached hydrogens (tertiary/aromatic N) is 8. The Bertz CT molecular complexity index is 4010. The standard InChI is InChI=1S/C66H42N8/c1-5-21-43(22-6-1)61-67-62(44-23-7-2-8-24-44)70-65(69-61)73-57-39-15-13-33-53(57)55-37-19-35-51(59(55)73)49-31-17-29-47(41-49)48-30-18-32-50(42-48)52-36-20-38-56-54-34-14-16-40-58(54)74(60(52)56)66-71-63(45-25-9-3-10-26-45)68-64(72-66)46-27-11-4-12-28-46/h1-42H. The number of hydrogen-bond donors (Lipinski definition) is 0. The van der Waals surface area contributed by atoms with E-state index in [2.05, 4.69) is 143 Å². The molecule has 0 bridgehead atoms. The number of fused-ring (bicyclic) bond motifs is 6. The molecule has 0 unspecified atom stereocenters. The van der Waals surface area contributed by atoms with Gasteiger partial charge in [-0.3, -0.25) is 9.13 Å². The van der Waals surface area contributed by atoms with Crippen molar-refractivity contribution >= 4 is 43.6 Å². The summed E-state index contributed by atoms with van der Waals surface area (Å²) in [5.41, 5.74) is 14.2. The third-order valence-electron chi connectivity index (χ3n) is 13.8. The minimum atomic E-state index is 0.552. The number of benzene rings is 10. The van der Waals surface area contributed by atoms with Crippen LogP contribution >= 0.6 is 0 Å². The van der Waals surface area contributed by atoms with E-state index in [1.165, 1.54) is 0 Å². The molecule has 346 valence electrons. The number of rotatable bonds is 9. The second kappa shape index (κ2) is 17.9. The second-order valence-electron chi connectivity index (χ2n) is 18.3. The van der Waals surface area contributed by atoms with Crippen LogP contribution in [-0.4, -0.2) is 39.0 Å². The molecule has 0 saturated heterocycles. The predicted molar refractivity (Wildman–Crippen MR) is 300 cm³/mol. The highest BCUT2D eigenvalue weighted by atomic mass is 15.2. The fourth-order valence-corrected chi connectivity index (χ4v) is 10.4. The molecule has 0 N–H and O–H groups in total. The zero-order chi connectivity index (χ0) is 49.0. The average molecular weight is 947 g/mol. The Kier molecular flexibility index (Phi) is 10.3. The molecule has 8 nitrogen and oxygen atoms in total. The molecule has 0 radical (unpaired) electrons. The molecule has 0 amide bonds. The lowest BCUT2D eigenvalue weighted by Crippen LogP contribution is -2.07. The quantitative estimate of drug-likeness (QED) is 0.143. The maximum absolute atomic E-state index is 5.24. The molecule has 4 heterocycles. The molecule has 14 aromatic rings. The van der Waals surface area contributed by atoms with Crippen LogP contribution in [0.1, 0.15) is 0 Å². The van der Waals surface area contributed by atoms with E-state index in [9.17, 15) is 0 Å². The normalized spacial score (nSPS) is 11.5. The third-order valence-corrected chi connectivity index (χ3v) is 13.8. The van der Waals surface area contributed by atoms with Crippen LogP contribution in [0.3, 0.4) is 0 Å². The SMILES string of the molecule is c1ccc(-c2nc(-c3ccccc3)nc(-n3c4ccccc4c4cccc(-c5cccc(-c6cccc(-c7cccc8c9ccccc9n(-c9nc(-c%10ccccc%10)nc(-c%10ccccc%10)n9)c78)c6)c5)c43)n2)cc1. The predicted octanol–water partition coefficient (Wildman–Crippen LogP) is 15.9. The van der Waals surface area contributed by atoms with Crippen molar-refractivity contribution in [1.29, 1.82) is 0 Å². The van der Waals surface area contributed by atoms with Crippen LogP contribution in [0.5, 0.6) is 0 Å². The van der Waals surface area contributed by atoms with Gasteiger partial charge >= 0.3 is 0 Å². The Hall–Kier alpha value is -10.2. The van der Waals surface area contributed by atoms with Gasteiger partial charge in [-0.25, -0.2) is 9.97 Å². The van der Waals surface area contributed by atoms with E-state index < -0.39 is 0 Å². The van der Waals surface area contributed by atoms with Crippen molar-refractivity contribution in [3.8, 4) is 90.8 Å². The lowest BCUT2D eigenvalue weighted by Gasteiger charge is -2.14. The van der Waals surface area contributed by atoms with E-state index in [-0.39, 0.29) is 0 Å². The van der Waals surface area contributed by atoms with E-state index in [1.54, 1.807) is 0 Å². The van der Waals surface area contributed by atoms with Gasteiger partial charge in [0.05, 0.1) is 22.1 Å². The van der Waals surface area contributed by atoms with E-state index in [0.717, 1.165) is 99.2 Å². The molecule has 0 atom stereocenters. The van der Waals surface area contributed by atoms with Crippen molar-refractivity contribution in [3.63, 3.8) is 0 Å². The summed E-state index contributed by atoms with van der Waals surface area (Å²) in [7, 11) is 0. The van der Waals surface area contributed by atoms with Crippen molar-refractivity contribution in [2.24, 2.45) is 0 Å². The molecule has 14 rings (SSSR count). The summed E-state index contributed by atoms with van der Waals surface area (Å²) >= 11 is 0. The largest absolute Gasteiger partial charge is 0.277 e. The lowest BCUT2D eigenvalue weighted by atomic mass is 9.95. The Morgan fingerprint density at radius 3 is 0.865 bits per heavy atom. The van der Waals surface area contributed by atoms with Gasteiger partial charge in [0.2, 0.25) is 11.9 Å². The van der Waals surface area contributed by atoms with E-state index in [1.807, 2.05) is 121 Å². The Balaban J connectivity index is 0.928. The van der Waals surface area contributed by atoms with E-state index in [4.69, 9.17) is 29.9 Å². The van der Waals surface area contributed by atoms with E-state index in [0.29, 0.717) is 35.2 Å². The van der Waals surface area contributed by atoms with Gasteiger partial charge in [-0.2, -0.15) is 19.9 Å². The second-order valence-corrected chi connectivity index (χ2v) is 18.3. The Labute approximate surface area is 426 Å². The third kappa shape index (κ3) is 7.40. The van der Waals surface area contributed by atoms with Crippen LogP contribution in [0, 0.1) is 0 Å². The first-order valence-corrected chi connectivity index (χ1v) is 24.7.